The Kier molecular flexibility index (Phi) is 6.08. The summed E-state index contributed by atoms with van der Waals surface area (Å²) in [6, 6.07) is 12.1. The Morgan fingerprint density at radius 2 is 1.96 bits per heavy atom. The van der Waals surface area contributed by atoms with Gasteiger partial charge in [0.15, 0.2) is 0 Å². The van der Waals surface area contributed by atoms with Gasteiger partial charge in [0.2, 0.25) is 11.8 Å². The zero-order chi connectivity index (χ0) is 17.5. The summed E-state index contributed by atoms with van der Waals surface area (Å²) in [5.41, 5.74) is 4.27. The number of hydrazone groups is 1. The number of phenols is 1. The second-order valence-electron chi connectivity index (χ2n) is 5.04. The van der Waals surface area contributed by atoms with E-state index in [-0.39, 0.29) is 12.2 Å². The van der Waals surface area contributed by atoms with Crippen LogP contribution in [-0.2, 0) is 9.59 Å². The number of aromatic hydroxyl groups is 1. The van der Waals surface area contributed by atoms with Crippen LogP contribution in [0.3, 0.4) is 0 Å². The van der Waals surface area contributed by atoms with Gasteiger partial charge in [0, 0.05) is 15.7 Å². The molecule has 0 saturated heterocycles. The van der Waals surface area contributed by atoms with Gasteiger partial charge in [-0.3, -0.25) is 9.59 Å². The van der Waals surface area contributed by atoms with Gasteiger partial charge < -0.3 is 10.4 Å². The van der Waals surface area contributed by atoms with Crippen LogP contribution in [-0.4, -0.2) is 23.1 Å². The topological polar surface area (TPSA) is 90.8 Å². The first-order chi connectivity index (χ1) is 11.5. The predicted molar refractivity (Wildman–Crippen MR) is 96.0 cm³/mol. The monoisotopic (exact) mass is 389 g/mol. The van der Waals surface area contributed by atoms with Crippen LogP contribution in [0.2, 0.25) is 0 Å². The van der Waals surface area contributed by atoms with Crippen molar-refractivity contribution in [1.82, 2.24) is 5.43 Å². The molecule has 2 rings (SSSR count). The van der Waals surface area contributed by atoms with Crippen LogP contribution < -0.4 is 10.7 Å². The molecule has 0 aromatic heterocycles. The number of nitrogens with one attached hydrogen (secondary N) is 2. The van der Waals surface area contributed by atoms with Crippen molar-refractivity contribution in [2.24, 2.45) is 5.10 Å². The van der Waals surface area contributed by atoms with Crippen molar-refractivity contribution in [3.8, 4) is 5.75 Å². The van der Waals surface area contributed by atoms with Gasteiger partial charge in [-0.1, -0.05) is 34.1 Å². The summed E-state index contributed by atoms with van der Waals surface area (Å²) in [4.78, 5) is 23.6. The van der Waals surface area contributed by atoms with Gasteiger partial charge in [-0.05, 0) is 36.8 Å². The number of nitrogens with zero attached hydrogens (tertiary/aromatic N) is 1. The number of phenolic OH excluding ortho intramolecular Hbond substituents is 1. The fourth-order valence-corrected chi connectivity index (χ4v) is 2.27. The molecule has 0 fully saturated rings. The van der Waals surface area contributed by atoms with Crippen LogP contribution in [0.15, 0.2) is 52.0 Å². The normalized spacial score (nSPS) is 10.6. The molecule has 0 spiro atoms. The van der Waals surface area contributed by atoms with Gasteiger partial charge >= 0.3 is 0 Å². The molecule has 7 heteroatoms. The molecule has 0 heterocycles. The highest BCUT2D eigenvalue weighted by molar-refractivity contribution is 9.10. The second kappa shape index (κ2) is 8.26. The van der Waals surface area contributed by atoms with E-state index in [4.69, 9.17) is 0 Å². The molecule has 2 aromatic carbocycles. The van der Waals surface area contributed by atoms with Crippen molar-refractivity contribution in [2.75, 3.05) is 5.32 Å². The molecule has 0 aliphatic heterocycles. The van der Waals surface area contributed by atoms with E-state index in [9.17, 15) is 14.7 Å². The third-order valence-corrected chi connectivity index (χ3v) is 3.62. The molecule has 2 amide bonds. The molecular formula is C17H16BrN3O3. The third kappa shape index (κ3) is 5.20. The number of benzene rings is 2. The Bertz CT molecular complexity index is 790. The molecule has 0 saturated carbocycles. The summed E-state index contributed by atoms with van der Waals surface area (Å²) in [6.45, 7) is 1.87. The van der Waals surface area contributed by atoms with Crippen molar-refractivity contribution in [3.05, 3.63) is 58.1 Å². The van der Waals surface area contributed by atoms with Gasteiger partial charge in [-0.2, -0.15) is 5.10 Å². The molecule has 2 aromatic rings. The van der Waals surface area contributed by atoms with E-state index in [1.165, 1.54) is 12.3 Å². The van der Waals surface area contributed by atoms with Crippen molar-refractivity contribution in [3.63, 3.8) is 0 Å². The zero-order valence-corrected chi connectivity index (χ0v) is 14.5. The van der Waals surface area contributed by atoms with Crippen molar-refractivity contribution >= 4 is 39.6 Å². The van der Waals surface area contributed by atoms with Gasteiger partial charge in [0.05, 0.1) is 6.21 Å². The molecule has 0 aliphatic carbocycles. The van der Waals surface area contributed by atoms with Gasteiger partial charge in [0.1, 0.15) is 12.2 Å². The number of amides is 2. The number of carbonyl (C=O) groups excluding carboxylic acids is 2. The smallest absolute Gasteiger partial charge is 0.249 e. The lowest BCUT2D eigenvalue weighted by Crippen LogP contribution is -2.24. The maximum absolute atomic E-state index is 11.8. The summed E-state index contributed by atoms with van der Waals surface area (Å²) in [5, 5.41) is 16.1. The first-order valence-electron chi connectivity index (χ1n) is 7.11. The quantitative estimate of drug-likeness (QED) is 0.417. The Balaban J connectivity index is 1.87. The van der Waals surface area contributed by atoms with Crippen LogP contribution in [0.25, 0.3) is 0 Å². The van der Waals surface area contributed by atoms with Crippen molar-refractivity contribution < 1.29 is 14.7 Å². The Morgan fingerprint density at radius 1 is 1.21 bits per heavy atom. The van der Waals surface area contributed by atoms with Crippen LogP contribution in [0.5, 0.6) is 5.75 Å². The van der Waals surface area contributed by atoms with E-state index in [1.807, 2.05) is 19.1 Å². The van der Waals surface area contributed by atoms with E-state index in [0.717, 1.165) is 10.0 Å². The fourth-order valence-electron chi connectivity index (χ4n) is 1.90. The summed E-state index contributed by atoms with van der Waals surface area (Å²) in [5.74, 6) is -0.942. The molecule has 0 atom stereocenters. The first kappa shape index (κ1) is 17.7. The lowest BCUT2D eigenvalue weighted by Gasteiger charge is -2.07. The van der Waals surface area contributed by atoms with Crippen molar-refractivity contribution in [1.29, 1.82) is 0 Å². The SMILES string of the molecule is Cc1ccccc1NC(=O)CC(=O)N/N=C/c1cc(Br)ccc1O. The summed E-state index contributed by atoms with van der Waals surface area (Å²) in [6.07, 6.45) is 0.952. The molecule has 0 unspecified atom stereocenters. The zero-order valence-electron chi connectivity index (χ0n) is 12.9. The molecule has 0 aliphatic rings. The molecule has 0 radical (unpaired) electrons. The maximum atomic E-state index is 11.8. The number of halogens is 1. The second-order valence-corrected chi connectivity index (χ2v) is 5.95. The summed E-state index contributed by atoms with van der Waals surface area (Å²) < 4.78 is 0.769. The minimum atomic E-state index is -0.549. The predicted octanol–water partition coefficient (Wildman–Crippen LogP) is 2.94. The highest BCUT2D eigenvalue weighted by atomic mass is 79.9. The Morgan fingerprint density at radius 3 is 2.71 bits per heavy atom. The van der Waals surface area contributed by atoms with Crippen LogP contribution >= 0.6 is 15.9 Å². The van der Waals surface area contributed by atoms with Crippen LogP contribution in [0.1, 0.15) is 17.5 Å². The van der Waals surface area contributed by atoms with Crippen molar-refractivity contribution in [2.45, 2.75) is 13.3 Å². The lowest BCUT2D eigenvalue weighted by atomic mass is 10.2. The number of anilines is 1. The summed E-state index contributed by atoms with van der Waals surface area (Å²) in [7, 11) is 0. The summed E-state index contributed by atoms with van der Waals surface area (Å²) >= 11 is 3.27. The highest BCUT2D eigenvalue weighted by Gasteiger charge is 2.10. The molecule has 24 heavy (non-hydrogen) atoms. The average molecular weight is 390 g/mol. The number of rotatable bonds is 5. The molecular weight excluding hydrogens is 374 g/mol. The molecule has 124 valence electrons. The Hall–Kier alpha value is -2.67. The van der Waals surface area contributed by atoms with Gasteiger partial charge in [-0.25, -0.2) is 5.43 Å². The van der Waals surface area contributed by atoms with E-state index in [0.29, 0.717) is 11.3 Å². The van der Waals surface area contributed by atoms with E-state index in [1.54, 1.807) is 24.3 Å². The van der Waals surface area contributed by atoms with Gasteiger partial charge in [0.25, 0.3) is 0 Å². The largest absolute Gasteiger partial charge is 0.507 e. The molecule has 3 N–H and O–H groups in total. The average Bonchev–Trinajstić information content (AvgIpc) is 2.53. The minimum Gasteiger partial charge on any atom is -0.507 e. The number of para-hydroxylation sites is 1. The van der Waals surface area contributed by atoms with Gasteiger partial charge in [-0.15, -0.1) is 0 Å². The Labute approximate surface area is 147 Å². The fraction of sp³-hybridized carbons (Fsp3) is 0.118. The molecule has 6 nitrogen and oxygen atoms in total. The third-order valence-electron chi connectivity index (χ3n) is 3.12. The van der Waals surface area contributed by atoms with Crippen LogP contribution in [0.4, 0.5) is 5.69 Å². The van der Waals surface area contributed by atoms with E-state index < -0.39 is 11.8 Å². The molecule has 0 bridgehead atoms. The van der Waals surface area contributed by atoms with Crippen LogP contribution in [0, 0.1) is 6.92 Å². The standard InChI is InChI=1S/C17H16BrN3O3/c1-11-4-2-3-5-14(11)20-16(23)9-17(24)21-19-10-12-8-13(18)6-7-15(12)22/h2-8,10,22H,9H2,1H3,(H,20,23)(H,21,24)/b19-10+. The highest BCUT2D eigenvalue weighted by Crippen LogP contribution is 2.19. The number of carbonyl (C=O) groups is 2. The first-order valence-corrected chi connectivity index (χ1v) is 7.91. The number of hydrogen-bond donors (Lipinski definition) is 3. The number of aryl methyl sites for hydroxylation is 1. The maximum Gasteiger partial charge on any atom is 0.249 e. The van der Waals surface area contributed by atoms with E-state index in [2.05, 4.69) is 31.8 Å². The lowest BCUT2D eigenvalue weighted by molar-refractivity contribution is -0.126. The number of hydrogen-bond acceptors (Lipinski definition) is 4. The minimum absolute atomic E-state index is 0.0356. The van der Waals surface area contributed by atoms with E-state index >= 15 is 0 Å².